The van der Waals surface area contributed by atoms with Crippen molar-refractivity contribution in [3.05, 3.63) is 65.2 Å². The molecular formula is C18H15F2N5O2S. The molecule has 0 atom stereocenters. The molecule has 0 spiro atoms. The Morgan fingerprint density at radius 2 is 2.00 bits per heavy atom. The average molecular weight is 403 g/mol. The maximum absolute atomic E-state index is 14.4. The van der Waals surface area contributed by atoms with Crippen molar-refractivity contribution in [1.82, 2.24) is 25.2 Å². The number of amides is 1. The van der Waals surface area contributed by atoms with Crippen LogP contribution in [0.5, 0.6) is 0 Å². The first-order valence-corrected chi connectivity index (χ1v) is 9.19. The Bertz CT molecular complexity index is 1030. The molecular weight excluding hydrogens is 388 g/mol. The monoisotopic (exact) mass is 403 g/mol. The van der Waals surface area contributed by atoms with E-state index in [0.717, 1.165) is 42.3 Å². The second-order valence-corrected chi connectivity index (χ2v) is 7.48. The van der Waals surface area contributed by atoms with E-state index in [2.05, 4.69) is 15.2 Å². The Balaban J connectivity index is 1.66. The summed E-state index contributed by atoms with van der Waals surface area (Å²) in [5, 5.41) is 17.3. The summed E-state index contributed by atoms with van der Waals surface area (Å²) in [5.41, 5.74) is 1.76. The topological polar surface area (TPSA) is 92.9 Å². The van der Waals surface area contributed by atoms with Gasteiger partial charge in [-0.05, 0) is 48.4 Å². The second kappa shape index (κ2) is 6.95. The van der Waals surface area contributed by atoms with Crippen LogP contribution in [-0.4, -0.2) is 30.9 Å². The molecule has 2 aromatic heterocycles. The fourth-order valence-corrected chi connectivity index (χ4v) is 3.98. The highest BCUT2D eigenvalue weighted by Crippen LogP contribution is 2.52. The van der Waals surface area contributed by atoms with Gasteiger partial charge in [-0.2, -0.15) is 0 Å². The van der Waals surface area contributed by atoms with E-state index < -0.39 is 17.5 Å². The molecule has 0 unspecified atom stereocenters. The van der Waals surface area contributed by atoms with Crippen molar-refractivity contribution in [2.45, 2.75) is 28.3 Å². The lowest BCUT2D eigenvalue weighted by Crippen LogP contribution is -2.19. The van der Waals surface area contributed by atoms with Crippen LogP contribution in [0, 0.1) is 11.6 Å². The van der Waals surface area contributed by atoms with Crippen LogP contribution in [0.1, 0.15) is 34.6 Å². The summed E-state index contributed by atoms with van der Waals surface area (Å²) in [6.45, 7) is 0. The van der Waals surface area contributed by atoms with Gasteiger partial charge in [-0.15, -0.1) is 10.2 Å². The van der Waals surface area contributed by atoms with Crippen LogP contribution >= 0.6 is 11.8 Å². The lowest BCUT2D eigenvalue weighted by atomic mass is 9.97. The van der Waals surface area contributed by atoms with E-state index in [1.807, 2.05) is 12.1 Å². The van der Waals surface area contributed by atoms with E-state index in [9.17, 15) is 13.6 Å². The molecule has 2 heterocycles. The Morgan fingerprint density at radius 3 is 2.57 bits per heavy atom. The number of hydroxylamine groups is 1. The van der Waals surface area contributed by atoms with Gasteiger partial charge in [-0.1, -0.05) is 6.07 Å². The molecule has 28 heavy (non-hydrogen) atoms. The van der Waals surface area contributed by atoms with Gasteiger partial charge in [-0.3, -0.25) is 15.0 Å². The Hall–Kier alpha value is -2.85. The molecule has 1 amide bonds. The zero-order chi connectivity index (χ0) is 19.9. The van der Waals surface area contributed by atoms with E-state index in [4.69, 9.17) is 5.21 Å². The first-order valence-electron chi connectivity index (χ1n) is 8.38. The van der Waals surface area contributed by atoms with Gasteiger partial charge >= 0.3 is 0 Å². The highest BCUT2D eigenvalue weighted by Gasteiger charge is 2.50. The van der Waals surface area contributed by atoms with Crippen LogP contribution in [0.25, 0.3) is 0 Å². The number of hydrogen-bond donors (Lipinski definition) is 2. The SMILES string of the molecule is Cn1c(Sc2c(F)cc(C(=O)NO)cc2F)nnc1C1(c2cccnc2)CC1. The van der Waals surface area contributed by atoms with Crippen molar-refractivity contribution in [2.75, 3.05) is 0 Å². The molecule has 0 radical (unpaired) electrons. The zero-order valence-corrected chi connectivity index (χ0v) is 15.5. The van der Waals surface area contributed by atoms with Crippen molar-refractivity contribution in [3.8, 4) is 0 Å². The smallest absolute Gasteiger partial charge is 0.274 e. The van der Waals surface area contributed by atoms with Gasteiger partial charge < -0.3 is 4.57 Å². The van der Waals surface area contributed by atoms with Crippen LogP contribution in [0.15, 0.2) is 46.7 Å². The molecule has 0 aliphatic heterocycles. The Kier molecular flexibility index (Phi) is 4.60. The van der Waals surface area contributed by atoms with E-state index in [1.54, 1.807) is 24.0 Å². The van der Waals surface area contributed by atoms with Gasteiger partial charge in [0, 0.05) is 25.0 Å². The number of carbonyl (C=O) groups excluding carboxylic acids is 1. The fourth-order valence-electron chi connectivity index (χ4n) is 3.18. The summed E-state index contributed by atoms with van der Waals surface area (Å²) in [6.07, 6.45) is 5.27. The predicted octanol–water partition coefficient (Wildman–Crippen LogP) is 2.84. The number of halogens is 2. The quantitative estimate of drug-likeness (QED) is 0.503. The minimum absolute atomic E-state index is 0.283. The summed E-state index contributed by atoms with van der Waals surface area (Å²) in [7, 11) is 1.75. The number of nitrogens with one attached hydrogen (secondary N) is 1. The highest BCUT2D eigenvalue weighted by atomic mass is 32.2. The number of carbonyl (C=O) groups is 1. The standard InChI is InChI=1S/C18H15F2N5O2S/c1-25-16(18(4-5-18)11-3-2-6-21-9-11)22-23-17(25)28-14-12(19)7-10(8-13(14)20)15(26)24-27/h2-3,6-9,27H,4-5H2,1H3,(H,24,26). The summed E-state index contributed by atoms with van der Waals surface area (Å²) in [6, 6.07) is 5.54. The maximum Gasteiger partial charge on any atom is 0.274 e. The molecule has 0 bridgehead atoms. The van der Waals surface area contributed by atoms with Crippen molar-refractivity contribution < 1.29 is 18.8 Å². The van der Waals surface area contributed by atoms with Crippen molar-refractivity contribution in [3.63, 3.8) is 0 Å². The molecule has 1 aliphatic rings. The molecule has 10 heteroatoms. The minimum atomic E-state index is -0.998. The van der Waals surface area contributed by atoms with Gasteiger partial charge in [0.15, 0.2) is 5.16 Å². The number of benzene rings is 1. The first-order chi connectivity index (χ1) is 13.5. The molecule has 144 valence electrons. The highest BCUT2D eigenvalue weighted by molar-refractivity contribution is 7.99. The van der Waals surface area contributed by atoms with Gasteiger partial charge in [0.2, 0.25) is 0 Å². The third kappa shape index (κ3) is 3.04. The summed E-state index contributed by atoms with van der Waals surface area (Å²) in [4.78, 5) is 15.2. The van der Waals surface area contributed by atoms with Crippen LogP contribution in [0.2, 0.25) is 0 Å². The van der Waals surface area contributed by atoms with E-state index in [1.165, 1.54) is 5.48 Å². The van der Waals surface area contributed by atoms with Crippen LogP contribution in [-0.2, 0) is 12.5 Å². The van der Waals surface area contributed by atoms with Gasteiger partial charge in [-0.25, -0.2) is 14.3 Å². The van der Waals surface area contributed by atoms with Gasteiger partial charge in [0.05, 0.1) is 10.3 Å². The van der Waals surface area contributed by atoms with Crippen molar-refractivity contribution in [1.29, 1.82) is 0 Å². The molecule has 2 N–H and O–H groups in total. The third-order valence-electron chi connectivity index (χ3n) is 4.78. The second-order valence-electron chi connectivity index (χ2n) is 6.50. The number of pyridine rings is 1. The summed E-state index contributed by atoms with van der Waals surface area (Å²) in [5.74, 6) is -2.15. The molecule has 0 saturated heterocycles. The number of aromatic nitrogens is 4. The molecule has 7 nitrogen and oxygen atoms in total. The largest absolute Gasteiger partial charge is 0.308 e. The molecule has 1 aromatic carbocycles. The van der Waals surface area contributed by atoms with Crippen molar-refractivity contribution >= 4 is 17.7 Å². The van der Waals surface area contributed by atoms with Crippen LogP contribution in [0.3, 0.4) is 0 Å². The zero-order valence-electron chi connectivity index (χ0n) is 14.7. The lowest BCUT2D eigenvalue weighted by molar-refractivity contribution is 0.0705. The first kappa shape index (κ1) is 18.5. The molecule has 1 fully saturated rings. The summed E-state index contributed by atoms with van der Waals surface area (Å²) < 4.78 is 30.4. The van der Waals surface area contributed by atoms with Gasteiger partial charge in [0.25, 0.3) is 5.91 Å². The average Bonchev–Trinajstić information content (AvgIpc) is 3.43. The number of rotatable bonds is 5. The molecule has 3 aromatic rings. The normalized spacial score (nSPS) is 14.7. The maximum atomic E-state index is 14.4. The summed E-state index contributed by atoms with van der Waals surface area (Å²) >= 11 is 0.785. The van der Waals surface area contributed by atoms with Crippen molar-refractivity contribution in [2.24, 2.45) is 7.05 Å². The fraction of sp³-hybridized carbons (Fsp3) is 0.222. The van der Waals surface area contributed by atoms with E-state index in [0.29, 0.717) is 11.0 Å². The third-order valence-corrected chi connectivity index (χ3v) is 5.91. The number of hydrogen-bond acceptors (Lipinski definition) is 6. The van der Waals surface area contributed by atoms with E-state index in [-0.39, 0.29) is 15.9 Å². The molecule has 4 rings (SSSR count). The van der Waals surface area contributed by atoms with Gasteiger partial charge in [0.1, 0.15) is 17.5 Å². The minimum Gasteiger partial charge on any atom is -0.308 e. The molecule has 1 saturated carbocycles. The van der Waals surface area contributed by atoms with Crippen LogP contribution in [0.4, 0.5) is 8.78 Å². The molecule has 1 aliphatic carbocycles. The number of nitrogens with zero attached hydrogens (tertiary/aromatic N) is 4. The lowest BCUT2D eigenvalue weighted by Gasteiger charge is -2.14. The Morgan fingerprint density at radius 1 is 1.29 bits per heavy atom. The van der Waals surface area contributed by atoms with E-state index >= 15 is 0 Å². The van der Waals surface area contributed by atoms with Crippen LogP contribution < -0.4 is 5.48 Å². The Labute approximate surface area is 162 Å². The predicted molar refractivity (Wildman–Crippen MR) is 95.0 cm³/mol.